The Hall–Kier alpha value is -2.93. The molecular formula is C23H17F3O3S. The van der Waals surface area contributed by atoms with Gasteiger partial charge in [-0.1, -0.05) is 30.3 Å². The summed E-state index contributed by atoms with van der Waals surface area (Å²) in [5, 5.41) is -1.22. The van der Waals surface area contributed by atoms with Crippen molar-refractivity contribution in [1.82, 2.24) is 0 Å². The summed E-state index contributed by atoms with van der Waals surface area (Å²) < 4.78 is 52.0. The number of hydrogen-bond acceptors (Lipinski definition) is 4. The number of carbonyl (C=O) groups is 1. The highest BCUT2D eigenvalue weighted by Gasteiger charge is 2.73. The van der Waals surface area contributed by atoms with Crippen LogP contribution in [-0.4, -0.2) is 17.1 Å². The molecule has 2 atom stereocenters. The summed E-state index contributed by atoms with van der Waals surface area (Å²) in [7, 11) is 0. The maximum Gasteiger partial charge on any atom is 0.316 e. The Kier molecular flexibility index (Phi) is 5.72. The van der Waals surface area contributed by atoms with Gasteiger partial charge in [0.2, 0.25) is 0 Å². The van der Waals surface area contributed by atoms with Gasteiger partial charge in [0.25, 0.3) is 5.92 Å². The van der Waals surface area contributed by atoms with E-state index in [0.717, 1.165) is 11.8 Å². The van der Waals surface area contributed by atoms with Crippen molar-refractivity contribution in [2.45, 2.75) is 22.7 Å². The van der Waals surface area contributed by atoms with Crippen LogP contribution >= 0.6 is 11.8 Å². The summed E-state index contributed by atoms with van der Waals surface area (Å²) in [6, 6.07) is 21.3. The number of para-hydroxylation sites is 1. The Morgan fingerprint density at radius 2 is 1.63 bits per heavy atom. The Balaban J connectivity index is 1.34. The maximum absolute atomic E-state index is 14.1. The highest BCUT2D eigenvalue weighted by Crippen LogP contribution is 2.58. The summed E-state index contributed by atoms with van der Waals surface area (Å²) in [6.07, 6.45) is 0. The van der Waals surface area contributed by atoms with Gasteiger partial charge in [-0.3, -0.25) is 4.79 Å². The van der Waals surface area contributed by atoms with Crippen LogP contribution in [0.3, 0.4) is 0 Å². The van der Waals surface area contributed by atoms with Crippen molar-refractivity contribution in [3.05, 3.63) is 90.2 Å². The second kappa shape index (κ2) is 8.44. The third kappa shape index (κ3) is 4.62. The Morgan fingerprint density at radius 3 is 2.37 bits per heavy atom. The highest BCUT2D eigenvalue weighted by molar-refractivity contribution is 8.00. The zero-order valence-electron chi connectivity index (χ0n) is 15.6. The number of alkyl halides is 2. The van der Waals surface area contributed by atoms with Crippen molar-refractivity contribution in [1.29, 1.82) is 0 Å². The van der Waals surface area contributed by atoms with Crippen LogP contribution in [0, 0.1) is 11.7 Å². The lowest BCUT2D eigenvalue weighted by Crippen LogP contribution is -2.11. The molecule has 0 aromatic heterocycles. The van der Waals surface area contributed by atoms with E-state index in [1.165, 1.54) is 24.3 Å². The van der Waals surface area contributed by atoms with Gasteiger partial charge in [-0.25, -0.2) is 13.2 Å². The number of hydrogen-bond donors (Lipinski definition) is 0. The quantitative estimate of drug-likeness (QED) is 0.425. The normalized spacial score (nSPS) is 19.2. The molecule has 3 aromatic rings. The molecule has 0 heterocycles. The summed E-state index contributed by atoms with van der Waals surface area (Å²) in [5.41, 5.74) is 0.628. The van der Waals surface area contributed by atoms with Crippen molar-refractivity contribution in [3.8, 4) is 11.5 Å². The third-order valence-electron chi connectivity index (χ3n) is 4.58. The molecule has 0 spiro atoms. The molecule has 0 bridgehead atoms. The van der Waals surface area contributed by atoms with Gasteiger partial charge in [-0.15, -0.1) is 11.8 Å². The average Bonchev–Trinajstić information content (AvgIpc) is 3.28. The first-order valence-corrected chi connectivity index (χ1v) is 10.1. The van der Waals surface area contributed by atoms with Crippen LogP contribution in [0.5, 0.6) is 11.5 Å². The van der Waals surface area contributed by atoms with Gasteiger partial charge in [0.15, 0.2) is 0 Å². The predicted octanol–water partition coefficient (Wildman–Crippen LogP) is 6.09. The number of thioether (sulfide) groups is 1. The number of ether oxygens (including phenoxy) is 2. The summed E-state index contributed by atoms with van der Waals surface area (Å²) >= 11 is 0.849. The molecule has 0 amide bonds. The first-order valence-electron chi connectivity index (χ1n) is 9.22. The van der Waals surface area contributed by atoms with Gasteiger partial charge in [-0.05, 0) is 54.1 Å². The second-order valence-corrected chi connectivity index (χ2v) is 8.03. The van der Waals surface area contributed by atoms with Crippen LogP contribution in [0.1, 0.15) is 5.56 Å². The molecule has 0 aliphatic heterocycles. The van der Waals surface area contributed by atoms with Crippen LogP contribution in [0.25, 0.3) is 0 Å². The molecule has 7 heteroatoms. The molecule has 0 radical (unpaired) electrons. The van der Waals surface area contributed by atoms with Gasteiger partial charge < -0.3 is 9.47 Å². The minimum absolute atomic E-state index is 0.134. The Morgan fingerprint density at radius 1 is 0.933 bits per heavy atom. The van der Waals surface area contributed by atoms with Crippen LogP contribution in [0.4, 0.5) is 13.2 Å². The molecule has 1 aliphatic carbocycles. The SMILES string of the molecule is O=C(OCc1cccc(Oc2ccccc2)c1)C1C(Sc2ccc(F)cc2)C1(F)F. The van der Waals surface area contributed by atoms with E-state index in [9.17, 15) is 18.0 Å². The van der Waals surface area contributed by atoms with Crippen LogP contribution in [0.2, 0.25) is 0 Å². The van der Waals surface area contributed by atoms with E-state index < -0.39 is 28.9 Å². The first kappa shape index (κ1) is 20.3. The summed E-state index contributed by atoms with van der Waals surface area (Å²) in [5.74, 6) is -4.86. The molecule has 1 aliphatic rings. The molecule has 4 rings (SSSR count). The topological polar surface area (TPSA) is 35.5 Å². The number of carbonyl (C=O) groups excluding carboxylic acids is 1. The highest BCUT2D eigenvalue weighted by atomic mass is 32.2. The van der Waals surface area contributed by atoms with Gasteiger partial charge >= 0.3 is 5.97 Å². The molecule has 1 fully saturated rings. The molecule has 3 nitrogen and oxygen atoms in total. The fourth-order valence-corrected chi connectivity index (χ4v) is 4.19. The lowest BCUT2D eigenvalue weighted by molar-refractivity contribution is -0.148. The number of rotatable bonds is 7. The summed E-state index contributed by atoms with van der Waals surface area (Å²) in [4.78, 5) is 12.7. The molecule has 2 unspecified atom stereocenters. The van der Waals surface area contributed by atoms with Crippen molar-refractivity contribution >= 4 is 17.7 Å². The van der Waals surface area contributed by atoms with E-state index in [0.29, 0.717) is 22.0 Å². The lowest BCUT2D eigenvalue weighted by atomic mass is 10.2. The smallest absolute Gasteiger partial charge is 0.316 e. The maximum atomic E-state index is 14.1. The first-order chi connectivity index (χ1) is 14.4. The minimum atomic E-state index is -3.16. The standard InChI is InChI=1S/C23H17F3O3S/c24-16-9-11-19(12-10-16)30-21-20(23(21,25)26)22(27)28-14-15-5-4-8-18(13-15)29-17-6-2-1-3-7-17/h1-13,20-21H,14H2. The lowest BCUT2D eigenvalue weighted by Gasteiger charge is -2.08. The largest absolute Gasteiger partial charge is 0.460 e. The molecular weight excluding hydrogens is 413 g/mol. The van der Waals surface area contributed by atoms with Crippen LogP contribution in [-0.2, 0) is 16.1 Å². The minimum Gasteiger partial charge on any atom is -0.460 e. The van der Waals surface area contributed by atoms with Crippen molar-refractivity contribution in [2.24, 2.45) is 5.92 Å². The fraction of sp³-hybridized carbons (Fsp3) is 0.174. The average molecular weight is 430 g/mol. The monoisotopic (exact) mass is 430 g/mol. The fourth-order valence-electron chi connectivity index (χ4n) is 2.95. The van der Waals surface area contributed by atoms with E-state index in [-0.39, 0.29) is 6.61 Å². The van der Waals surface area contributed by atoms with Crippen molar-refractivity contribution in [2.75, 3.05) is 0 Å². The van der Waals surface area contributed by atoms with Gasteiger partial charge in [-0.2, -0.15) is 0 Å². The molecule has 154 valence electrons. The zero-order valence-corrected chi connectivity index (χ0v) is 16.5. The third-order valence-corrected chi connectivity index (χ3v) is 5.96. The van der Waals surface area contributed by atoms with Gasteiger partial charge in [0.1, 0.15) is 29.8 Å². The van der Waals surface area contributed by atoms with Crippen LogP contribution < -0.4 is 4.74 Å². The zero-order chi connectivity index (χ0) is 21.1. The molecule has 1 saturated carbocycles. The Labute approximate surface area is 175 Å². The number of esters is 1. The summed E-state index contributed by atoms with van der Waals surface area (Å²) in [6.45, 7) is -0.134. The Bertz CT molecular complexity index is 1030. The molecule has 3 aromatic carbocycles. The van der Waals surface area contributed by atoms with Crippen molar-refractivity contribution in [3.63, 3.8) is 0 Å². The second-order valence-electron chi connectivity index (χ2n) is 6.81. The van der Waals surface area contributed by atoms with Gasteiger partial charge in [0, 0.05) is 4.90 Å². The van der Waals surface area contributed by atoms with E-state index >= 15 is 0 Å². The van der Waals surface area contributed by atoms with Gasteiger partial charge in [0.05, 0.1) is 5.25 Å². The molecule has 30 heavy (non-hydrogen) atoms. The van der Waals surface area contributed by atoms with E-state index in [4.69, 9.17) is 9.47 Å². The van der Waals surface area contributed by atoms with E-state index in [1.807, 2.05) is 18.2 Å². The predicted molar refractivity (Wildman–Crippen MR) is 107 cm³/mol. The van der Waals surface area contributed by atoms with Crippen LogP contribution in [0.15, 0.2) is 83.8 Å². The van der Waals surface area contributed by atoms with E-state index in [2.05, 4.69) is 0 Å². The number of benzene rings is 3. The van der Waals surface area contributed by atoms with Crippen molar-refractivity contribution < 1.29 is 27.4 Å². The molecule has 0 saturated heterocycles. The number of halogens is 3. The van der Waals surface area contributed by atoms with E-state index in [1.54, 1.807) is 36.4 Å². The molecule has 0 N–H and O–H groups in total.